The number of thiophene rings is 1. The largest absolute Gasteiger partial charge is 0.464 e. The Bertz CT molecular complexity index is 632. The summed E-state index contributed by atoms with van der Waals surface area (Å²) in [5, 5.41) is 0. The molecular formula is C13H18N2O4S2. The first-order chi connectivity index (χ1) is 9.98. The minimum absolute atomic E-state index is 0.180. The fraction of sp³-hybridized carbons (Fsp3) is 0.615. The number of ether oxygens (including phenoxy) is 1. The van der Waals surface area contributed by atoms with Crippen LogP contribution in [0, 0.1) is 6.92 Å². The Morgan fingerprint density at radius 2 is 1.95 bits per heavy atom. The van der Waals surface area contributed by atoms with E-state index in [1.165, 1.54) is 15.6 Å². The number of sulfonamides is 1. The van der Waals surface area contributed by atoms with E-state index in [9.17, 15) is 13.2 Å². The van der Waals surface area contributed by atoms with Gasteiger partial charge >= 0.3 is 5.97 Å². The molecule has 0 N–H and O–H groups in total. The van der Waals surface area contributed by atoms with Crippen LogP contribution in [-0.2, 0) is 19.6 Å². The average Bonchev–Trinajstić information content (AvgIpc) is 3.08. The Labute approximate surface area is 128 Å². The van der Waals surface area contributed by atoms with Crippen LogP contribution < -0.4 is 0 Å². The minimum atomic E-state index is -3.39. The molecule has 0 radical (unpaired) electrons. The third-order valence-corrected chi connectivity index (χ3v) is 7.30. The second-order valence-electron chi connectivity index (χ2n) is 5.28. The van der Waals surface area contributed by atoms with Crippen molar-refractivity contribution in [2.24, 2.45) is 0 Å². The molecule has 2 fully saturated rings. The van der Waals surface area contributed by atoms with Crippen LogP contribution in [0.1, 0.15) is 11.3 Å². The Kier molecular flexibility index (Phi) is 4.04. The van der Waals surface area contributed by atoms with E-state index in [1.807, 2.05) is 17.9 Å². The summed E-state index contributed by atoms with van der Waals surface area (Å²) >= 11 is 1.30. The molecule has 0 aromatic carbocycles. The fourth-order valence-electron chi connectivity index (χ4n) is 2.75. The van der Waals surface area contributed by atoms with Crippen molar-refractivity contribution in [1.82, 2.24) is 9.21 Å². The Balaban J connectivity index is 1.67. The van der Waals surface area contributed by atoms with E-state index in [0.717, 1.165) is 4.88 Å². The molecule has 0 spiro atoms. The summed E-state index contributed by atoms with van der Waals surface area (Å²) in [6, 6.07) is 3.29. The highest BCUT2D eigenvalue weighted by atomic mass is 32.2. The molecule has 0 amide bonds. The smallest absolute Gasteiger partial charge is 0.323 e. The van der Waals surface area contributed by atoms with Gasteiger partial charge in [0.25, 0.3) is 10.0 Å². The summed E-state index contributed by atoms with van der Waals surface area (Å²) in [4.78, 5) is 14.6. The maximum absolute atomic E-state index is 12.5. The molecular weight excluding hydrogens is 312 g/mol. The Morgan fingerprint density at radius 1 is 1.24 bits per heavy atom. The number of rotatable bonds is 3. The van der Waals surface area contributed by atoms with Crippen LogP contribution in [0.3, 0.4) is 0 Å². The molecule has 8 heteroatoms. The lowest BCUT2D eigenvalue weighted by Gasteiger charge is -2.35. The Hall–Kier alpha value is -0.960. The zero-order valence-corrected chi connectivity index (χ0v) is 13.5. The predicted octanol–water partition coefficient (Wildman–Crippen LogP) is 0.678. The molecule has 0 bridgehead atoms. The van der Waals surface area contributed by atoms with Gasteiger partial charge in [-0.2, -0.15) is 4.31 Å². The number of carbonyl (C=O) groups excluding carboxylic acids is 1. The molecule has 2 aliphatic rings. The quantitative estimate of drug-likeness (QED) is 0.763. The maximum Gasteiger partial charge on any atom is 0.323 e. The van der Waals surface area contributed by atoms with Crippen LogP contribution in [0.25, 0.3) is 0 Å². The number of nitrogens with zero attached hydrogens (tertiary/aromatic N) is 2. The molecule has 2 aliphatic heterocycles. The summed E-state index contributed by atoms with van der Waals surface area (Å²) in [7, 11) is -3.39. The first-order valence-electron chi connectivity index (χ1n) is 6.96. The number of hydrogen-bond acceptors (Lipinski definition) is 6. The predicted molar refractivity (Wildman–Crippen MR) is 78.8 cm³/mol. The van der Waals surface area contributed by atoms with Gasteiger partial charge in [-0.15, -0.1) is 11.3 Å². The van der Waals surface area contributed by atoms with Crippen LogP contribution in [0.5, 0.6) is 0 Å². The molecule has 116 valence electrons. The molecule has 21 heavy (non-hydrogen) atoms. The summed E-state index contributed by atoms with van der Waals surface area (Å²) in [5.74, 6) is -0.180. The highest BCUT2D eigenvalue weighted by molar-refractivity contribution is 7.91. The minimum Gasteiger partial charge on any atom is -0.464 e. The molecule has 2 saturated heterocycles. The van der Waals surface area contributed by atoms with Crippen molar-refractivity contribution in [2.75, 3.05) is 32.8 Å². The van der Waals surface area contributed by atoms with Gasteiger partial charge in [-0.3, -0.25) is 9.69 Å². The molecule has 1 aromatic heterocycles. The van der Waals surface area contributed by atoms with E-state index >= 15 is 0 Å². The zero-order chi connectivity index (χ0) is 15.0. The molecule has 3 heterocycles. The number of carbonyl (C=O) groups is 1. The number of aryl methyl sites for hydroxylation is 1. The maximum atomic E-state index is 12.5. The van der Waals surface area contributed by atoms with Crippen molar-refractivity contribution in [3.63, 3.8) is 0 Å². The number of esters is 1. The monoisotopic (exact) mass is 330 g/mol. The second kappa shape index (κ2) is 5.68. The van der Waals surface area contributed by atoms with Crippen molar-refractivity contribution in [2.45, 2.75) is 23.6 Å². The van der Waals surface area contributed by atoms with Crippen LogP contribution in [-0.4, -0.2) is 62.4 Å². The first kappa shape index (κ1) is 15.0. The lowest BCUT2D eigenvalue weighted by Crippen LogP contribution is -2.52. The van der Waals surface area contributed by atoms with Crippen LogP contribution in [0.4, 0.5) is 0 Å². The summed E-state index contributed by atoms with van der Waals surface area (Å²) < 4.78 is 31.9. The van der Waals surface area contributed by atoms with Gasteiger partial charge in [0.05, 0.1) is 6.61 Å². The van der Waals surface area contributed by atoms with Gasteiger partial charge in [0.1, 0.15) is 10.3 Å². The fourth-order valence-corrected chi connectivity index (χ4v) is 5.61. The van der Waals surface area contributed by atoms with E-state index in [0.29, 0.717) is 43.4 Å². The van der Waals surface area contributed by atoms with E-state index in [-0.39, 0.29) is 12.0 Å². The SMILES string of the molecule is Cc1ccc(S(=O)(=O)N2CCN([C@@H]3CCOC3=O)CC2)s1. The number of cyclic esters (lactones) is 1. The van der Waals surface area contributed by atoms with E-state index in [4.69, 9.17) is 4.74 Å². The molecule has 0 unspecified atom stereocenters. The lowest BCUT2D eigenvalue weighted by atomic mass is 10.2. The van der Waals surface area contributed by atoms with Crippen LogP contribution in [0.15, 0.2) is 16.3 Å². The third kappa shape index (κ3) is 2.85. The summed E-state index contributed by atoms with van der Waals surface area (Å²) in [6.07, 6.45) is 0.704. The molecule has 0 aliphatic carbocycles. The first-order valence-corrected chi connectivity index (χ1v) is 9.21. The van der Waals surface area contributed by atoms with Crippen LogP contribution in [0.2, 0.25) is 0 Å². The van der Waals surface area contributed by atoms with Gasteiger partial charge in [-0.05, 0) is 19.1 Å². The highest BCUT2D eigenvalue weighted by Gasteiger charge is 2.36. The van der Waals surface area contributed by atoms with E-state index in [1.54, 1.807) is 6.07 Å². The van der Waals surface area contributed by atoms with Gasteiger partial charge in [0.2, 0.25) is 0 Å². The Morgan fingerprint density at radius 3 is 2.48 bits per heavy atom. The summed E-state index contributed by atoms with van der Waals surface area (Å²) in [6.45, 7) is 4.35. The van der Waals surface area contributed by atoms with Crippen LogP contribution >= 0.6 is 11.3 Å². The van der Waals surface area contributed by atoms with Gasteiger partial charge in [-0.1, -0.05) is 0 Å². The second-order valence-corrected chi connectivity index (χ2v) is 8.73. The standard InChI is InChI=1S/C13H18N2O4S2/c1-10-2-3-12(20-10)21(17,18)15-7-5-14(6-8-15)11-4-9-19-13(11)16/h2-3,11H,4-9H2,1H3/t11-/m1/s1. The zero-order valence-electron chi connectivity index (χ0n) is 11.8. The normalized spacial score (nSPS) is 25.2. The third-order valence-electron chi connectivity index (χ3n) is 3.93. The van der Waals surface area contributed by atoms with Gasteiger partial charge in [0.15, 0.2) is 0 Å². The van der Waals surface area contributed by atoms with E-state index < -0.39 is 10.0 Å². The number of piperazine rings is 1. The molecule has 3 rings (SSSR count). The van der Waals surface area contributed by atoms with Crippen molar-refractivity contribution >= 4 is 27.3 Å². The molecule has 6 nitrogen and oxygen atoms in total. The summed E-state index contributed by atoms with van der Waals surface area (Å²) in [5.41, 5.74) is 0. The van der Waals surface area contributed by atoms with Crippen molar-refractivity contribution in [3.8, 4) is 0 Å². The molecule has 0 saturated carbocycles. The van der Waals surface area contributed by atoms with Crippen molar-refractivity contribution in [1.29, 1.82) is 0 Å². The average molecular weight is 330 g/mol. The van der Waals surface area contributed by atoms with Gasteiger partial charge < -0.3 is 4.74 Å². The van der Waals surface area contributed by atoms with Gasteiger partial charge in [-0.25, -0.2) is 8.42 Å². The van der Waals surface area contributed by atoms with Gasteiger partial charge in [0, 0.05) is 37.5 Å². The molecule has 1 aromatic rings. The number of hydrogen-bond donors (Lipinski definition) is 0. The highest BCUT2D eigenvalue weighted by Crippen LogP contribution is 2.26. The molecule has 1 atom stereocenters. The van der Waals surface area contributed by atoms with Crippen molar-refractivity contribution < 1.29 is 17.9 Å². The van der Waals surface area contributed by atoms with Crippen molar-refractivity contribution in [3.05, 3.63) is 17.0 Å². The van der Waals surface area contributed by atoms with E-state index in [2.05, 4.69) is 0 Å². The topological polar surface area (TPSA) is 66.9 Å². The lowest BCUT2D eigenvalue weighted by molar-refractivity contribution is -0.142.